The fourth-order valence-corrected chi connectivity index (χ4v) is 6.97. The van der Waals surface area contributed by atoms with Gasteiger partial charge in [0, 0.05) is 12.8 Å². The molecule has 0 aromatic heterocycles. The van der Waals surface area contributed by atoms with E-state index < -0.39 is 26.5 Å². The lowest BCUT2D eigenvalue weighted by atomic mass is 10.0. The highest BCUT2D eigenvalue weighted by Gasteiger charge is 2.21. The zero-order valence-electron chi connectivity index (χ0n) is 35.9. The zero-order valence-corrected chi connectivity index (χ0v) is 36.8. The molecule has 2 atom stereocenters. The van der Waals surface area contributed by atoms with Crippen molar-refractivity contribution in [3.05, 3.63) is 12.2 Å². The van der Waals surface area contributed by atoms with E-state index in [0.717, 1.165) is 51.4 Å². The Morgan fingerprint density at radius 3 is 1.37 bits per heavy atom. The van der Waals surface area contributed by atoms with Gasteiger partial charge in [-0.1, -0.05) is 167 Å². The Bertz CT molecular complexity index is 938. The maximum Gasteiger partial charge on any atom is 0.306 e. The van der Waals surface area contributed by atoms with Gasteiger partial charge in [-0.25, -0.2) is 0 Å². The highest BCUT2D eigenvalue weighted by molar-refractivity contribution is 7.45. The molecule has 0 radical (unpaired) electrons. The summed E-state index contributed by atoms with van der Waals surface area (Å²) in [4.78, 5) is 37.5. The van der Waals surface area contributed by atoms with E-state index >= 15 is 0 Å². The fourth-order valence-electron chi connectivity index (χ4n) is 6.24. The van der Waals surface area contributed by atoms with E-state index in [-0.39, 0.29) is 32.0 Å². The van der Waals surface area contributed by atoms with Crippen LogP contribution in [0.5, 0.6) is 0 Å². The number of allylic oxidation sites excluding steroid dienone is 2. The summed E-state index contributed by atoms with van der Waals surface area (Å²) >= 11 is 0. The van der Waals surface area contributed by atoms with Crippen LogP contribution in [0.15, 0.2) is 12.2 Å². The number of nitrogens with zero attached hydrogens (tertiary/aromatic N) is 1. The van der Waals surface area contributed by atoms with Crippen molar-refractivity contribution in [2.75, 3.05) is 47.5 Å². The second kappa shape index (κ2) is 37.3. The molecule has 54 heavy (non-hydrogen) atoms. The second-order valence-corrected chi connectivity index (χ2v) is 17.8. The van der Waals surface area contributed by atoms with Gasteiger partial charge in [-0.05, 0) is 38.5 Å². The van der Waals surface area contributed by atoms with Gasteiger partial charge in [-0.2, -0.15) is 0 Å². The molecular formula is C44H86NO8P. The fraction of sp³-hybridized carbons (Fsp3) is 0.909. The van der Waals surface area contributed by atoms with Crippen LogP contribution in [0.4, 0.5) is 0 Å². The lowest BCUT2D eigenvalue weighted by Gasteiger charge is -2.28. The maximum absolute atomic E-state index is 12.7. The normalized spacial score (nSPS) is 13.7. The molecule has 0 bridgehead atoms. The standard InChI is InChI=1S/C44H86NO8P/c1-6-8-10-12-14-16-18-20-22-23-25-27-29-31-33-35-37-44(47)53-42(41-52-54(48,49)51-39-38-45(3,4)5)40-50-43(46)36-34-32-30-28-26-24-21-19-17-15-13-11-9-7-2/h19,21,42H,6-18,20,22-41H2,1-5H3/b21-19-/t42-/m1/s1. The van der Waals surface area contributed by atoms with Crippen LogP contribution in [0.25, 0.3) is 0 Å². The average Bonchev–Trinajstić information content (AvgIpc) is 3.12. The van der Waals surface area contributed by atoms with Crippen LogP contribution in [0.3, 0.4) is 0 Å². The Balaban J connectivity index is 4.33. The van der Waals surface area contributed by atoms with Crippen LogP contribution in [-0.4, -0.2) is 70.0 Å². The minimum Gasteiger partial charge on any atom is -0.756 e. The van der Waals surface area contributed by atoms with Gasteiger partial charge in [0.15, 0.2) is 6.10 Å². The molecule has 0 saturated heterocycles. The van der Waals surface area contributed by atoms with Crippen molar-refractivity contribution >= 4 is 19.8 Å². The monoisotopic (exact) mass is 788 g/mol. The smallest absolute Gasteiger partial charge is 0.306 e. The SMILES string of the molecule is CCCCCCC/C=C\CCCCCCCC(=O)OC[C@H](COP(=O)([O-])OCC[N+](C)(C)C)OC(=O)CCCCCCCCCCCCCCCCCC. The summed E-state index contributed by atoms with van der Waals surface area (Å²) in [6, 6.07) is 0. The lowest BCUT2D eigenvalue weighted by molar-refractivity contribution is -0.870. The highest BCUT2D eigenvalue weighted by Crippen LogP contribution is 2.38. The number of esters is 2. The third-order valence-corrected chi connectivity index (χ3v) is 10.7. The van der Waals surface area contributed by atoms with Gasteiger partial charge in [-0.3, -0.25) is 14.2 Å². The van der Waals surface area contributed by atoms with Crippen LogP contribution in [0.2, 0.25) is 0 Å². The summed E-state index contributed by atoms with van der Waals surface area (Å²) in [5.41, 5.74) is 0. The van der Waals surface area contributed by atoms with Crippen LogP contribution in [0.1, 0.15) is 206 Å². The van der Waals surface area contributed by atoms with Gasteiger partial charge in [0.05, 0.1) is 27.7 Å². The summed E-state index contributed by atoms with van der Waals surface area (Å²) in [7, 11) is 1.17. The van der Waals surface area contributed by atoms with E-state index in [2.05, 4.69) is 26.0 Å². The molecule has 10 heteroatoms. The molecule has 0 aliphatic heterocycles. The molecule has 0 aliphatic carbocycles. The van der Waals surface area contributed by atoms with E-state index in [1.165, 1.54) is 122 Å². The molecule has 0 amide bonds. The first-order valence-corrected chi connectivity index (χ1v) is 23.9. The number of phosphoric acid groups is 1. The van der Waals surface area contributed by atoms with Crippen molar-refractivity contribution in [1.29, 1.82) is 0 Å². The number of unbranched alkanes of at least 4 members (excludes halogenated alkanes) is 25. The number of likely N-dealkylation sites (N-methyl/N-ethyl adjacent to an activating group) is 1. The number of carbonyl (C=O) groups excluding carboxylic acids is 2. The first kappa shape index (κ1) is 52.8. The van der Waals surface area contributed by atoms with Crippen LogP contribution in [0, 0.1) is 0 Å². The number of ether oxygens (including phenoxy) is 2. The van der Waals surface area contributed by atoms with Gasteiger partial charge < -0.3 is 27.9 Å². The van der Waals surface area contributed by atoms with Crippen molar-refractivity contribution in [2.24, 2.45) is 0 Å². The molecule has 0 spiro atoms. The van der Waals surface area contributed by atoms with Crippen molar-refractivity contribution in [3.63, 3.8) is 0 Å². The Morgan fingerprint density at radius 1 is 0.556 bits per heavy atom. The Labute approximate surface area is 333 Å². The quantitative estimate of drug-likeness (QED) is 0.0198. The molecule has 0 aliphatic rings. The minimum atomic E-state index is -4.62. The minimum absolute atomic E-state index is 0.0289. The molecule has 1 unspecified atom stereocenters. The summed E-state index contributed by atoms with van der Waals surface area (Å²) < 4.78 is 33.9. The molecule has 9 nitrogen and oxygen atoms in total. The molecule has 0 N–H and O–H groups in total. The van der Waals surface area contributed by atoms with E-state index in [4.69, 9.17) is 18.5 Å². The van der Waals surface area contributed by atoms with Gasteiger partial charge in [-0.15, -0.1) is 0 Å². The molecule has 0 heterocycles. The predicted octanol–water partition coefficient (Wildman–Crippen LogP) is 11.9. The molecular weight excluding hydrogens is 701 g/mol. The highest BCUT2D eigenvalue weighted by atomic mass is 31.2. The first-order chi connectivity index (χ1) is 26.0. The van der Waals surface area contributed by atoms with Crippen LogP contribution in [-0.2, 0) is 32.7 Å². The number of rotatable bonds is 41. The van der Waals surface area contributed by atoms with Crippen molar-refractivity contribution in [2.45, 2.75) is 213 Å². The van der Waals surface area contributed by atoms with Gasteiger partial charge in [0.1, 0.15) is 19.8 Å². The third kappa shape index (κ3) is 40.4. The van der Waals surface area contributed by atoms with Gasteiger partial charge >= 0.3 is 11.9 Å². The summed E-state index contributed by atoms with van der Waals surface area (Å²) in [5, 5.41) is 0. The third-order valence-electron chi connectivity index (χ3n) is 9.79. The molecule has 0 saturated carbocycles. The molecule has 0 aromatic carbocycles. The summed E-state index contributed by atoms with van der Waals surface area (Å²) in [6.07, 6.45) is 38.0. The molecule has 320 valence electrons. The molecule has 0 aromatic rings. The Hall–Kier alpha value is -1.25. The number of carbonyl (C=O) groups is 2. The predicted molar refractivity (Wildman–Crippen MR) is 222 cm³/mol. The zero-order chi connectivity index (χ0) is 40.0. The summed E-state index contributed by atoms with van der Waals surface area (Å²) in [6.45, 7) is 4.23. The first-order valence-electron chi connectivity index (χ1n) is 22.4. The van der Waals surface area contributed by atoms with Crippen molar-refractivity contribution in [3.8, 4) is 0 Å². The van der Waals surface area contributed by atoms with E-state index in [0.29, 0.717) is 17.4 Å². The number of quaternary nitrogens is 1. The second-order valence-electron chi connectivity index (χ2n) is 16.4. The topological polar surface area (TPSA) is 111 Å². The average molecular weight is 788 g/mol. The van der Waals surface area contributed by atoms with E-state index in [1.54, 1.807) is 0 Å². The van der Waals surface area contributed by atoms with E-state index in [9.17, 15) is 19.0 Å². The Morgan fingerprint density at radius 2 is 0.944 bits per heavy atom. The molecule has 0 fully saturated rings. The Kier molecular flexibility index (Phi) is 36.5. The molecule has 0 rings (SSSR count). The van der Waals surface area contributed by atoms with Crippen molar-refractivity contribution in [1.82, 2.24) is 0 Å². The largest absolute Gasteiger partial charge is 0.756 e. The van der Waals surface area contributed by atoms with E-state index in [1.807, 2.05) is 21.1 Å². The van der Waals surface area contributed by atoms with Crippen molar-refractivity contribution < 1.29 is 42.1 Å². The summed E-state index contributed by atoms with van der Waals surface area (Å²) in [5.74, 6) is -0.835. The van der Waals surface area contributed by atoms with Crippen LogP contribution >= 0.6 is 7.82 Å². The lowest BCUT2D eigenvalue weighted by Crippen LogP contribution is -2.37. The number of hydrogen-bond acceptors (Lipinski definition) is 8. The van der Waals surface area contributed by atoms with Gasteiger partial charge in [0.25, 0.3) is 7.82 Å². The van der Waals surface area contributed by atoms with Gasteiger partial charge in [0.2, 0.25) is 0 Å². The maximum atomic E-state index is 12.7. The number of hydrogen-bond donors (Lipinski definition) is 0. The number of phosphoric ester groups is 1. The van der Waals surface area contributed by atoms with Crippen LogP contribution < -0.4 is 4.89 Å².